The van der Waals surface area contributed by atoms with E-state index < -0.39 is 0 Å². The lowest BCUT2D eigenvalue weighted by Gasteiger charge is -2.61. The number of benzene rings is 2. The van der Waals surface area contributed by atoms with Crippen molar-refractivity contribution in [2.24, 2.45) is 23.7 Å². The lowest BCUT2D eigenvalue weighted by atomic mass is 9.43. The van der Waals surface area contributed by atoms with Gasteiger partial charge in [-0.15, -0.1) is 0 Å². The highest BCUT2D eigenvalue weighted by atomic mass is 35.5. The van der Waals surface area contributed by atoms with E-state index in [0.717, 1.165) is 34.3 Å². The molecule has 2 aromatic carbocycles. The van der Waals surface area contributed by atoms with Gasteiger partial charge >= 0.3 is 0 Å². The van der Waals surface area contributed by atoms with Crippen LogP contribution >= 0.6 is 11.6 Å². The minimum absolute atomic E-state index is 0.134. The molecule has 0 atom stereocenters. The number of fused-ring (bicyclic) bond motifs is 3. The van der Waals surface area contributed by atoms with Crippen LogP contribution in [0.2, 0.25) is 5.02 Å². The molecule has 1 nitrogen and oxygen atoms in total. The highest BCUT2D eigenvalue weighted by Gasteiger charge is 2.61. The second-order valence-corrected chi connectivity index (χ2v) is 9.17. The molecule has 5 aliphatic carbocycles. The van der Waals surface area contributed by atoms with Crippen LogP contribution in [0.4, 0.5) is 0 Å². The van der Waals surface area contributed by atoms with Gasteiger partial charge in [-0.2, -0.15) is 5.26 Å². The average molecular weight is 346 g/mol. The van der Waals surface area contributed by atoms with E-state index in [4.69, 9.17) is 11.6 Å². The minimum Gasteiger partial charge on any atom is -0.192 e. The largest absolute Gasteiger partial charge is 0.192 e. The summed E-state index contributed by atoms with van der Waals surface area (Å²) in [5.74, 6) is 3.34. The molecular weight excluding hydrogens is 326 g/mol. The third kappa shape index (κ3) is 1.65. The molecule has 1 spiro atoms. The zero-order valence-corrected chi connectivity index (χ0v) is 14.9. The van der Waals surface area contributed by atoms with Crippen molar-refractivity contribution in [3.8, 4) is 17.2 Å². The van der Waals surface area contributed by atoms with Crippen LogP contribution in [0.25, 0.3) is 11.1 Å². The van der Waals surface area contributed by atoms with Gasteiger partial charge in [0.25, 0.3) is 0 Å². The van der Waals surface area contributed by atoms with Crippen molar-refractivity contribution < 1.29 is 0 Å². The number of halogens is 1. The van der Waals surface area contributed by atoms with Crippen molar-refractivity contribution in [3.05, 3.63) is 58.1 Å². The Morgan fingerprint density at radius 3 is 2.24 bits per heavy atom. The van der Waals surface area contributed by atoms with Gasteiger partial charge in [0.05, 0.1) is 11.6 Å². The SMILES string of the molecule is N#Cc1ccc2c(c1)C1(c3ccc(Cl)cc3-2)C2CC3CC(C2)CC1C3. The van der Waals surface area contributed by atoms with Crippen LogP contribution in [0, 0.1) is 35.0 Å². The molecule has 0 saturated heterocycles. The van der Waals surface area contributed by atoms with Gasteiger partial charge in [-0.1, -0.05) is 23.7 Å². The molecule has 4 saturated carbocycles. The summed E-state index contributed by atoms with van der Waals surface area (Å²) in [7, 11) is 0. The Morgan fingerprint density at radius 1 is 0.840 bits per heavy atom. The normalized spacial score (nSPS) is 36.3. The van der Waals surface area contributed by atoms with Crippen molar-refractivity contribution in [2.75, 3.05) is 0 Å². The molecule has 5 aliphatic rings. The Balaban J connectivity index is 1.69. The number of rotatable bonds is 0. The second kappa shape index (κ2) is 4.68. The molecule has 4 fully saturated rings. The van der Waals surface area contributed by atoms with E-state index in [1.807, 2.05) is 6.07 Å². The Bertz CT molecular complexity index is 923. The van der Waals surface area contributed by atoms with E-state index in [1.165, 1.54) is 54.4 Å². The molecule has 25 heavy (non-hydrogen) atoms. The molecule has 2 heteroatoms. The van der Waals surface area contributed by atoms with Gasteiger partial charge in [-0.05, 0) is 102 Å². The minimum atomic E-state index is 0.134. The van der Waals surface area contributed by atoms with Crippen LogP contribution in [-0.2, 0) is 5.41 Å². The van der Waals surface area contributed by atoms with Gasteiger partial charge in [0, 0.05) is 10.4 Å². The molecule has 4 bridgehead atoms. The van der Waals surface area contributed by atoms with E-state index in [-0.39, 0.29) is 5.41 Å². The van der Waals surface area contributed by atoms with Crippen LogP contribution in [0.5, 0.6) is 0 Å². The Labute approximate surface area is 153 Å². The van der Waals surface area contributed by atoms with Gasteiger partial charge in [0.1, 0.15) is 0 Å². The van der Waals surface area contributed by atoms with Gasteiger partial charge in [-0.3, -0.25) is 0 Å². The molecule has 0 aromatic heterocycles. The standard InChI is InChI=1S/C23H20ClN/c24-18-2-4-21-20(11-18)19-3-1-13(12-25)10-22(19)23(21)16-6-14-5-15(8-16)9-17(23)7-14/h1-4,10-11,14-17H,5-9H2. The summed E-state index contributed by atoms with van der Waals surface area (Å²) in [5, 5.41) is 10.3. The number of hydrogen-bond donors (Lipinski definition) is 0. The Kier molecular flexibility index (Phi) is 2.70. The Morgan fingerprint density at radius 2 is 1.56 bits per heavy atom. The van der Waals surface area contributed by atoms with Crippen molar-refractivity contribution in [1.82, 2.24) is 0 Å². The zero-order valence-electron chi connectivity index (χ0n) is 14.1. The Hall–Kier alpha value is -1.78. The maximum absolute atomic E-state index is 9.50. The fourth-order valence-corrected chi connectivity index (χ4v) is 7.42. The third-order valence-corrected chi connectivity index (χ3v) is 7.97. The molecule has 2 aromatic rings. The third-order valence-electron chi connectivity index (χ3n) is 7.74. The van der Waals surface area contributed by atoms with Crippen molar-refractivity contribution in [1.29, 1.82) is 5.26 Å². The van der Waals surface area contributed by atoms with Crippen LogP contribution < -0.4 is 0 Å². The second-order valence-electron chi connectivity index (χ2n) is 8.74. The van der Waals surface area contributed by atoms with Crippen LogP contribution in [-0.4, -0.2) is 0 Å². The molecule has 0 heterocycles. The summed E-state index contributed by atoms with van der Waals surface area (Å²) in [4.78, 5) is 0. The molecular formula is C23H20ClN. The van der Waals surface area contributed by atoms with E-state index in [2.05, 4.69) is 36.4 Å². The zero-order chi connectivity index (χ0) is 16.8. The summed E-state index contributed by atoms with van der Waals surface area (Å²) in [6.45, 7) is 0. The molecule has 0 N–H and O–H groups in total. The lowest BCUT2D eigenvalue weighted by Crippen LogP contribution is -2.55. The van der Waals surface area contributed by atoms with E-state index in [0.29, 0.717) is 0 Å². The number of nitrogens with zero attached hydrogens (tertiary/aromatic N) is 1. The van der Waals surface area contributed by atoms with E-state index in [9.17, 15) is 5.26 Å². The molecule has 0 radical (unpaired) electrons. The fraction of sp³-hybridized carbons (Fsp3) is 0.435. The average Bonchev–Trinajstić information content (AvgIpc) is 2.89. The number of hydrogen-bond acceptors (Lipinski definition) is 1. The van der Waals surface area contributed by atoms with Crippen molar-refractivity contribution >= 4 is 11.6 Å². The summed E-state index contributed by atoms with van der Waals surface area (Å²) in [6.07, 6.45) is 6.93. The van der Waals surface area contributed by atoms with E-state index >= 15 is 0 Å². The maximum atomic E-state index is 9.50. The summed E-state index contributed by atoms with van der Waals surface area (Å²) in [5.41, 5.74) is 6.50. The summed E-state index contributed by atoms with van der Waals surface area (Å²) in [6, 6.07) is 15.2. The molecule has 0 unspecified atom stereocenters. The van der Waals surface area contributed by atoms with Crippen LogP contribution in [0.3, 0.4) is 0 Å². The maximum Gasteiger partial charge on any atom is 0.0991 e. The van der Waals surface area contributed by atoms with Crippen LogP contribution in [0.15, 0.2) is 36.4 Å². The quantitative estimate of drug-likeness (QED) is 0.580. The smallest absolute Gasteiger partial charge is 0.0991 e. The highest BCUT2D eigenvalue weighted by molar-refractivity contribution is 6.31. The molecule has 0 amide bonds. The van der Waals surface area contributed by atoms with E-state index in [1.54, 1.807) is 0 Å². The predicted octanol–water partition coefficient (Wildman–Crippen LogP) is 5.93. The first-order valence-corrected chi connectivity index (χ1v) is 9.93. The van der Waals surface area contributed by atoms with Crippen LogP contribution in [0.1, 0.15) is 48.8 Å². The first kappa shape index (κ1) is 14.4. The summed E-state index contributed by atoms with van der Waals surface area (Å²) < 4.78 is 0. The monoisotopic (exact) mass is 345 g/mol. The first-order valence-electron chi connectivity index (χ1n) is 9.55. The van der Waals surface area contributed by atoms with Gasteiger partial charge in [0.2, 0.25) is 0 Å². The van der Waals surface area contributed by atoms with Gasteiger partial charge in [-0.25, -0.2) is 0 Å². The lowest BCUT2D eigenvalue weighted by molar-refractivity contribution is -0.0399. The van der Waals surface area contributed by atoms with Gasteiger partial charge < -0.3 is 0 Å². The highest BCUT2D eigenvalue weighted by Crippen LogP contribution is 2.69. The van der Waals surface area contributed by atoms with Gasteiger partial charge in [0.15, 0.2) is 0 Å². The van der Waals surface area contributed by atoms with Crippen molar-refractivity contribution in [3.63, 3.8) is 0 Å². The summed E-state index contributed by atoms with van der Waals surface area (Å²) >= 11 is 6.37. The molecule has 0 aliphatic heterocycles. The topological polar surface area (TPSA) is 23.8 Å². The number of nitriles is 1. The fourth-order valence-electron chi connectivity index (χ4n) is 7.24. The molecule has 124 valence electrons. The van der Waals surface area contributed by atoms with Crippen molar-refractivity contribution in [2.45, 2.75) is 37.5 Å². The molecule has 7 rings (SSSR count). The first-order chi connectivity index (χ1) is 12.2. The predicted molar refractivity (Wildman–Crippen MR) is 99.4 cm³/mol.